The molecule has 0 heterocycles. The summed E-state index contributed by atoms with van der Waals surface area (Å²) in [5, 5.41) is 0. The number of allylic oxidation sites excluding steroid dienone is 2. The topological polar surface area (TPSA) is 0 Å². The Bertz CT molecular complexity index is 349. The molecule has 14 heavy (non-hydrogen) atoms. The molecule has 0 aliphatic heterocycles. The number of halogens is 3. The van der Waals surface area contributed by atoms with Crippen LogP contribution in [0.5, 0.6) is 0 Å². The van der Waals surface area contributed by atoms with E-state index in [0.29, 0.717) is 12.0 Å². The molecule has 0 N–H and O–H groups in total. The molecule has 0 amide bonds. The molecular weight excluding hydrogens is 189 g/mol. The maximum absolute atomic E-state index is 12.1. The van der Waals surface area contributed by atoms with Crippen molar-refractivity contribution in [2.75, 3.05) is 0 Å². The Kier molecular flexibility index (Phi) is 2.10. The fourth-order valence-corrected chi connectivity index (χ4v) is 1.47. The predicted octanol–water partition coefficient (Wildman–Crippen LogP) is 3.35. The third-order valence-corrected chi connectivity index (χ3v) is 2.27. The molecule has 0 unspecified atom stereocenters. The van der Waals surface area contributed by atoms with Gasteiger partial charge < -0.3 is 0 Å². The Labute approximate surface area is 80.1 Å². The Morgan fingerprint density at radius 2 is 1.71 bits per heavy atom. The van der Waals surface area contributed by atoms with Gasteiger partial charge in [0.1, 0.15) is 0 Å². The molecule has 1 aliphatic carbocycles. The van der Waals surface area contributed by atoms with Gasteiger partial charge in [0, 0.05) is 0 Å². The lowest BCUT2D eigenvalue weighted by molar-refractivity contribution is -0.142. The number of hydrogen-bond acceptors (Lipinski definition) is 0. The quantitative estimate of drug-likeness (QED) is 0.639. The summed E-state index contributed by atoms with van der Waals surface area (Å²) in [7, 11) is 0. The second-order valence-electron chi connectivity index (χ2n) is 3.42. The van der Waals surface area contributed by atoms with E-state index < -0.39 is 12.1 Å². The average Bonchev–Trinajstić information content (AvgIpc) is 2.85. The highest BCUT2D eigenvalue weighted by Crippen LogP contribution is 2.44. The van der Waals surface area contributed by atoms with Crippen LogP contribution in [0.3, 0.4) is 0 Å². The molecule has 0 bridgehead atoms. The largest absolute Gasteiger partial charge is 0.398 e. The van der Waals surface area contributed by atoms with Gasteiger partial charge in [-0.2, -0.15) is 13.2 Å². The second-order valence-corrected chi connectivity index (χ2v) is 3.42. The lowest BCUT2D eigenvalue weighted by Crippen LogP contribution is -2.13. The third-order valence-electron chi connectivity index (χ3n) is 2.27. The molecule has 0 nitrogen and oxygen atoms in total. The first-order chi connectivity index (χ1) is 6.57. The molecular formula is C11H9F3. The molecule has 0 fully saturated rings. The van der Waals surface area contributed by atoms with Gasteiger partial charge in [-0.05, 0) is 12.0 Å². The normalized spacial score (nSPS) is 20.5. The number of alkyl halides is 3. The van der Waals surface area contributed by atoms with Crippen LogP contribution < -0.4 is 0 Å². The molecule has 74 valence electrons. The van der Waals surface area contributed by atoms with Gasteiger partial charge in [0.25, 0.3) is 0 Å². The molecule has 0 spiro atoms. The summed E-state index contributed by atoms with van der Waals surface area (Å²) in [5.74, 6) is -1.26. The van der Waals surface area contributed by atoms with E-state index in [4.69, 9.17) is 0 Å². The summed E-state index contributed by atoms with van der Waals surface area (Å²) in [6, 6.07) is 9.20. The lowest BCUT2D eigenvalue weighted by Gasteiger charge is -2.05. The minimum Gasteiger partial charge on any atom is -0.170 e. The molecule has 1 atom stereocenters. The van der Waals surface area contributed by atoms with Gasteiger partial charge in [0.05, 0.1) is 5.92 Å². The molecule has 0 saturated heterocycles. The fourth-order valence-electron chi connectivity index (χ4n) is 1.47. The highest BCUT2D eigenvalue weighted by atomic mass is 19.4. The highest BCUT2D eigenvalue weighted by Gasteiger charge is 2.47. The van der Waals surface area contributed by atoms with E-state index in [-0.39, 0.29) is 0 Å². The first kappa shape index (κ1) is 9.31. The number of rotatable bonds is 2. The Morgan fingerprint density at radius 1 is 1.07 bits per heavy atom. The molecule has 0 radical (unpaired) electrons. The zero-order valence-corrected chi connectivity index (χ0v) is 7.38. The maximum atomic E-state index is 12.1. The standard InChI is InChI=1S/C11H9F3/c12-11(13,14)10-7-9(10)6-8-4-2-1-3-5-8/h1-5,7,10H,6H2/t10-/m1/s1. The van der Waals surface area contributed by atoms with Crippen LogP contribution in [0.15, 0.2) is 42.0 Å². The molecule has 2 rings (SSSR count). The van der Waals surface area contributed by atoms with Crippen LogP contribution in [0.1, 0.15) is 5.56 Å². The molecule has 3 heteroatoms. The van der Waals surface area contributed by atoms with Crippen molar-refractivity contribution >= 4 is 0 Å². The molecule has 0 saturated carbocycles. The van der Waals surface area contributed by atoms with Crippen LogP contribution >= 0.6 is 0 Å². The smallest absolute Gasteiger partial charge is 0.170 e. The van der Waals surface area contributed by atoms with Gasteiger partial charge in [-0.1, -0.05) is 42.0 Å². The van der Waals surface area contributed by atoms with Crippen LogP contribution in [0, 0.1) is 5.92 Å². The minimum atomic E-state index is -4.08. The molecule has 1 aliphatic rings. The summed E-state index contributed by atoms with van der Waals surface area (Å²) < 4.78 is 36.4. The summed E-state index contributed by atoms with van der Waals surface area (Å²) in [6.07, 6.45) is -2.37. The van der Waals surface area contributed by atoms with Crippen molar-refractivity contribution in [1.82, 2.24) is 0 Å². The predicted molar refractivity (Wildman–Crippen MR) is 47.8 cm³/mol. The molecule has 1 aromatic rings. The monoisotopic (exact) mass is 198 g/mol. The first-order valence-corrected chi connectivity index (χ1v) is 4.38. The van der Waals surface area contributed by atoms with Gasteiger partial charge in [0.15, 0.2) is 0 Å². The zero-order valence-electron chi connectivity index (χ0n) is 7.38. The summed E-state index contributed by atoms with van der Waals surface area (Å²) in [4.78, 5) is 0. The fraction of sp³-hybridized carbons (Fsp3) is 0.273. The third kappa shape index (κ3) is 1.97. The van der Waals surface area contributed by atoms with Crippen LogP contribution in [-0.2, 0) is 6.42 Å². The maximum Gasteiger partial charge on any atom is 0.398 e. The van der Waals surface area contributed by atoms with Crippen molar-refractivity contribution in [2.45, 2.75) is 12.6 Å². The van der Waals surface area contributed by atoms with Crippen molar-refractivity contribution in [3.05, 3.63) is 47.5 Å². The summed E-state index contributed by atoms with van der Waals surface area (Å²) in [6.45, 7) is 0. The van der Waals surface area contributed by atoms with Crippen molar-refractivity contribution in [3.8, 4) is 0 Å². The molecule has 1 aromatic carbocycles. The van der Waals surface area contributed by atoms with Gasteiger partial charge in [-0.25, -0.2) is 0 Å². The average molecular weight is 198 g/mol. The van der Waals surface area contributed by atoms with Crippen molar-refractivity contribution in [1.29, 1.82) is 0 Å². The van der Waals surface area contributed by atoms with Crippen molar-refractivity contribution < 1.29 is 13.2 Å². The second kappa shape index (κ2) is 3.15. The van der Waals surface area contributed by atoms with Crippen molar-refractivity contribution in [2.24, 2.45) is 5.92 Å². The van der Waals surface area contributed by atoms with E-state index in [1.807, 2.05) is 30.3 Å². The van der Waals surface area contributed by atoms with Gasteiger partial charge in [-0.15, -0.1) is 0 Å². The van der Waals surface area contributed by atoms with Gasteiger partial charge >= 0.3 is 6.18 Å². The minimum absolute atomic E-state index is 0.422. The van der Waals surface area contributed by atoms with Crippen LogP contribution in [0.25, 0.3) is 0 Å². The van der Waals surface area contributed by atoms with Gasteiger partial charge in [0.2, 0.25) is 0 Å². The van der Waals surface area contributed by atoms with Crippen molar-refractivity contribution in [3.63, 3.8) is 0 Å². The van der Waals surface area contributed by atoms with Crippen LogP contribution in [0.4, 0.5) is 13.2 Å². The van der Waals surface area contributed by atoms with E-state index >= 15 is 0 Å². The summed E-state index contributed by atoms with van der Waals surface area (Å²) >= 11 is 0. The Balaban J connectivity index is 1.94. The number of benzene rings is 1. The van der Waals surface area contributed by atoms with Crippen LogP contribution in [0.2, 0.25) is 0 Å². The number of hydrogen-bond donors (Lipinski definition) is 0. The lowest BCUT2D eigenvalue weighted by atomic mass is 10.1. The Hall–Kier alpha value is -1.25. The highest BCUT2D eigenvalue weighted by molar-refractivity contribution is 5.36. The Morgan fingerprint density at radius 3 is 2.21 bits per heavy atom. The van der Waals surface area contributed by atoms with E-state index in [1.165, 1.54) is 6.08 Å². The molecule has 0 aromatic heterocycles. The van der Waals surface area contributed by atoms with E-state index in [2.05, 4.69) is 0 Å². The SMILES string of the molecule is FC(F)(F)[C@@H]1C=C1Cc1ccccc1. The van der Waals surface area contributed by atoms with Crippen LogP contribution in [-0.4, -0.2) is 6.18 Å². The zero-order chi connectivity index (χ0) is 10.2. The van der Waals surface area contributed by atoms with E-state index in [1.54, 1.807) is 0 Å². The van der Waals surface area contributed by atoms with E-state index in [9.17, 15) is 13.2 Å². The van der Waals surface area contributed by atoms with Gasteiger partial charge in [-0.3, -0.25) is 0 Å². The van der Waals surface area contributed by atoms with E-state index in [0.717, 1.165) is 5.56 Å². The first-order valence-electron chi connectivity index (χ1n) is 4.38. The summed E-state index contributed by atoms with van der Waals surface area (Å²) in [5.41, 5.74) is 1.43.